The molecule has 0 bridgehead atoms. The van der Waals surface area contributed by atoms with E-state index in [9.17, 15) is 0 Å². The van der Waals surface area contributed by atoms with Crippen LogP contribution < -0.4 is 5.32 Å². The number of hydrogen-bond donors (Lipinski definition) is 1. The Labute approximate surface area is 120 Å². The maximum Gasteiger partial charge on any atom is 0.0292 e. The van der Waals surface area contributed by atoms with Crippen LogP contribution in [0.4, 0.5) is 0 Å². The van der Waals surface area contributed by atoms with Gasteiger partial charge in [0.2, 0.25) is 0 Å². The molecule has 2 atom stereocenters. The zero-order valence-electron chi connectivity index (χ0n) is 11.5. The van der Waals surface area contributed by atoms with Gasteiger partial charge in [-0.05, 0) is 56.4 Å². The third-order valence-electron chi connectivity index (χ3n) is 3.70. The summed E-state index contributed by atoms with van der Waals surface area (Å²) in [4.78, 5) is 1.34. The van der Waals surface area contributed by atoms with Crippen molar-refractivity contribution in [2.75, 3.05) is 18.6 Å². The summed E-state index contributed by atoms with van der Waals surface area (Å²) in [5, 5.41) is 3.69. The summed E-state index contributed by atoms with van der Waals surface area (Å²) < 4.78 is 0.452. The summed E-state index contributed by atoms with van der Waals surface area (Å²) in [6, 6.07) is 9.36. The fourth-order valence-corrected chi connectivity index (χ4v) is 4.02. The molecule has 2 unspecified atom stereocenters. The van der Waals surface area contributed by atoms with Crippen LogP contribution in [0.3, 0.4) is 0 Å². The minimum absolute atomic E-state index is 0.443. The zero-order valence-corrected chi connectivity index (χ0v) is 13.2. The SMILES string of the molecule is CSc1ccc(C(C)NCC2(C)CCCS2)cc1. The van der Waals surface area contributed by atoms with Gasteiger partial charge in [-0.15, -0.1) is 11.8 Å². The molecule has 0 radical (unpaired) electrons. The van der Waals surface area contributed by atoms with Crippen LogP contribution in [0.5, 0.6) is 0 Å². The maximum absolute atomic E-state index is 3.69. The predicted molar refractivity (Wildman–Crippen MR) is 84.7 cm³/mol. The van der Waals surface area contributed by atoms with Crippen molar-refractivity contribution >= 4 is 23.5 Å². The van der Waals surface area contributed by atoms with Crippen molar-refractivity contribution in [3.05, 3.63) is 29.8 Å². The lowest BCUT2D eigenvalue weighted by Crippen LogP contribution is -2.34. The molecule has 1 aromatic carbocycles. The predicted octanol–water partition coefficient (Wildman–Crippen LogP) is 4.34. The second-order valence-electron chi connectivity index (χ2n) is 5.28. The first-order valence-corrected chi connectivity index (χ1v) is 8.85. The summed E-state index contributed by atoms with van der Waals surface area (Å²) in [6.07, 6.45) is 4.84. The Morgan fingerprint density at radius 1 is 1.39 bits per heavy atom. The lowest BCUT2D eigenvalue weighted by molar-refractivity contribution is 0.490. The van der Waals surface area contributed by atoms with Gasteiger partial charge in [-0.3, -0.25) is 0 Å². The molecule has 0 aliphatic carbocycles. The fraction of sp³-hybridized carbons (Fsp3) is 0.600. The van der Waals surface area contributed by atoms with Gasteiger partial charge in [0.15, 0.2) is 0 Å². The van der Waals surface area contributed by atoms with Crippen LogP contribution in [0, 0.1) is 0 Å². The average molecular weight is 281 g/mol. The molecule has 1 aromatic rings. The molecule has 0 aromatic heterocycles. The van der Waals surface area contributed by atoms with E-state index >= 15 is 0 Å². The Balaban J connectivity index is 1.88. The summed E-state index contributed by atoms with van der Waals surface area (Å²) in [5.74, 6) is 1.33. The molecular weight excluding hydrogens is 258 g/mol. The minimum Gasteiger partial charge on any atom is -0.309 e. The Kier molecular flexibility index (Phi) is 5.05. The van der Waals surface area contributed by atoms with Crippen molar-refractivity contribution < 1.29 is 0 Å². The molecule has 1 aliphatic rings. The van der Waals surface area contributed by atoms with Crippen LogP contribution in [0.1, 0.15) is 38.3 Å². The van der Waals surface area contributed by atoms with Crippen LogP contribution in [-0.2, 0) is 0 Å². The Morgan fingerprint density at radius 3 is 2.67 bits per heavy atom. The molecule has 2 rings (SSSR count). The molecule has 1 aliphatic heterocycles. The topological polar surface area (TPSA) is 12.0 Å². The van der Waals surface area contributed by atoms with Gasteiger partial charge in [0, 0.05) is 22.2 Å². The smallest absolute Gasteiger partial charge is 0.0292 e. The van der Waals surface area contributed by atoms with Crippen molar-refractivity contribution in [2.45, 2.75) is 42.4 Å². The second kappa shape index (κ2) is 6.36. The van der Waals surface area contributed by atoms with Crippen LogP contribution in [0.25, 0.3) is 0 Å². The van der Waals surface area contributed by atoms with Gasteiger partial charge in [0.1, 0.15) is 0 Å². The van der Waals surface area contributed by atoms with Crippen molar-refractivity contribution in [2.24, 2.45) is 0 Å². The zero-order chi connectivity index (χ0) is 13.0. The monoisotopic (exact) mass is 281 g/mol. The maximum atomic E-state index is 3.69. The highest BCUT2D eigenvalue weighted by Crippen LogP contribution is 2.37. The molecular formula is C15H23NS2. The number of benzene rings is 1. The Hall–Kier alpha value is -0.120. The van der Waals surface area contributed by atoms with Crippen LogP contribution in [0.15, 0.2) is 29.2 Å². The van der Waals surface area contributed by atoms with E-state index < -0.39 is 0 Å². The molecule has 1 nitrogen and oxygen atoms in total. The lowest BCUT2D eigenvalue weighted by Gasteiger charge is -2.26. The van der Waals surface area contributed by atoms with E-state index in [0.717, 1.165) is 6.54 Å². The minimum atomic E-state index is 0.443. The first-order chi connectivity index (χ1) is 8.63. The summed E-state index contributed by atoms with van der Waals surface area (Å²) in [6.45, 7) is 5.77. The van der Waals surface area contributed by atoms with Crippen LogP contribution >= 0.6 is 23.5 Å². The molecule has 1 fully saturated rings. The number of nitrogens with one attached hydrogen (secondary N) is 1. The third kappa shape index (κ3) is 3.69. The van der Waals surface area contributed by atoms with Crippen molar-refractivity contribution in [1.82, 2.24) is 5.32 Å². The van der Waals surface area contributed by atoms with Crippen molar-refractivity contribution in [3.63, 3.8) is 0 Å². The molecule has 3 heteroatoms. The van der Waals surface area contributed by atoms with E-state index in [-0.39, 0.29) is 0 Å². The third-order valence-corrected chi connectivity index (χ3v) is 5.98. The first-order valence-electron chi connectivity index (χ1n) is 6.64. The molecule has 0 saturated carbocycles. The summed E-state index contributed by atoms with van der Waals surface area (Å²) >= 11 is 3.92. The van der Waals surface area contributed by atoms with Gasteiger partial charge in [0.25, 0.3) is 0 Å². The largest absolute Gasteiger partial charge is 0.309 e. The van der Waals surface area contributed by atoms with Crippen LogP contribution in [0.2, 0.25) is 0 Å². The number of thioether (sulfide) groups is 2. The lowest BCUT2D eigenvalue weighted by atomic mass is 10.0. The quantitative estimate of drug-likeness (QED) is 0.806. The normalized spacial score (nSPS) is 25.3. The molecule has 1 heterocycles. The van der Waals surface area contributed by atoms with E-state index in [2.05, 4.69) is 61.4 Å². The van der Waals surface area contributed by atoms with E-state index in [1.807, 2.05) is 0 Å². The first kappa shape index (κ1) is 14.3. The Bertz CT molecular complexity index is 369. The molecule has 1 saturated heterocycles. The van der Waals surface area contributed by atoms with E-state index in [0.29, 0.717) is 10.8 Å². The highest BCUT2D eigenvalue weighted by atomic mass is 32.2. The van der Waals surface area contributed by atoms with Gasteiger partial charge in [-0.2, -0.15) is 11.8 Å². The van der Waals surface area contributed by atoms with Gasteiger partial charge < -0.3 is 5.32 Å². The van der Waals surface area contributed by atoms with Gasteiger partial charge in [-0.25, -0.2) is 0 Å². The highest BCUT2D eigenvalue weighted by molar-refractivity contribution is 8.00. The standard InChI is InChI=1S/C15H23NS2/c1-12(13-5-7-14(17-3)8-6-13)16-11-15(2)9-4-10-18-15/h5-8,12,16H,4,9-11H2,1-3H3. The molecule has 100 valence electrons. The summed E-state index contributed by atoms with van der Waals surface area (Å²) in [7, 11) is 0. The van der Waals surface area contributed by atoms with E-state index in [4.69, 9.17) is 0 Å². The highest BCUT2D eigenvalue weighted by Gasteiger charge is 2.29. The summed E-state index contributed by atoms with van der Waals surface area (Å²) in [5.41, 5.74) is 1.39. The van der Waals surface area contributed by atoms with Gasteiger partial charge in [-0.1, -0.05) is 12.1 Å². The van der Waals surface area contributed by atoms with E-state index in [1.165, 1.54) is 29.1 Å². The average Bonchev–Trinajstić information content (AvgIpc) is 2.83. The van der Waals surface area contributed by atoms with Gasteiger partial charge >= 0.3 is 0 Å². The Morgan fingerprint density at radius 2 is 2.11 bits per heavy atom. The van der Waals surface area contributed by atoms with E-state index in [1.54, 1.807) is 11.8 Å². The molecule has 0 amide bonds. The van der Waals surface area contributed by atoms with Gasteiger partial charge in [0.05, 0.1) is 0 Å². The fourth-order valence-electron chi connectivity index (χ4n) is 2.36. The molecule has 0 spiro atoms. The number of rotatable bonds is 5. The van der Waals surface area contributed by atoms with Crippen molar-refractivity contribution in [1.29, 1.82) is 0 Å². The molecule has 1 N–H and O–H groups in total. The number of hydrogen-bond acceptors (Lipinski definition) is 3. The van der Waals surface area contributed by atoms with Crippen molar-refractivity contribution in [3.8, 4) is 0 Å². The second-order valence-corrected chi connectivity index (χ2v) is 7.84. The van der Waals surface area contributed by atoms with Crippen LogP contribution in [-0.4, -0.2) is 23.3 Å². The molecule has 18 heavy (non-hydrogen) atoms.